The van der Waals surface area contributed by atoms with Gasteiger partial charge in [0.15, 0.2) is 0 Å². The first kappa shape index (κ1) is 9.21. The lowest BCUT2D eigenvalue weighted by Crippen LogP contribution is -2.25. The van der Waals surface area contributed by atoms with E-state index in [2.05, 4.69) is 5.32 Å². The third-order valence-electron chi connectivity index (χ3n) is 1.53. The molecule has 0 aromatic rings. The van der Waals surface area contributed by atoms with Gasteiger partial charge in [0, 0.05) is 13.2 Å². The SMILES string of the molecule is COC[C@@H]1CCCN1.Cl. The van der Waals surface area contributed by atoms with E-state index in [0.29, 0.717) is 6.04 Å². The Morgan fingerprint density at radius 1 is 1.67 bits per heavy atom. The van der Waals surface area contributed by atoms with Crippen molar-refractivity contribution < 1.29 is 4.74 Å². The topological polar surface area (TPSA) is 21.3 Å². The molecule has 0 aromatic heterocycles. The Kier molecular flexibility index (Phi) is 5.15. The molecule has 1 atom stereocenters. The van der Waals surface area contributed by atoms with Crippen LogP contribution in [0.2, 0.25) is 0 Å². The van der Waals surface area contributed by atoms with Gasteiger partial charge in [-0.15, -0.1) is 12.4 Å². The van der Waals surface area contributed by atoms with E-state index in [9.17, 15) is 0 Å². The first-order chi connectivity index (χ1) is 3.93. The van der Waals surface area contributed by atoms with Crippen LogP contribution in [0.5, 0.6) is 0 Å². The molecule has 1 saturated heterocycles. The molecule has 0 aromatic carbocycles. The summed E-state index contributed by atoms with van der Waals surface area (Å²) in [6, 6.07) is 0.639. The molecular formula is C6H14ClNO. The van der Waals surface area contributed by atoms with E-state index in [-0.39, 0.29) is 12.4 Å². The summed E-state index contributed by atoms with van der Waals surface area (Å²) < 4.78 is 4.96. The second-order valence-electron chi connectivity index (χ2n) is 2.25. The number of nitrogens with one attached hydrogen (secondary N) is 1. The first-order valence-corrected chi connectivity index (χ1v) is 3.16. The van der Waals surface area contributed by atoms with Gasteiger partial charge in [-0.3, -0.25) is 0 Å². The number of hydrogen-bond acceptors (Lipinski definition) is 2. The van der Waals surface area contributed by atoms with Crippen LogP contribution < -0.4 is 5.32 Å². The molecule has 1 aliphatic heterocycles. The van der Waals surface area contributed by atoms with Crippen molar-refractivity contribution in [3.8, 4) is 0 Å². The normalized spacial score (nSPS) is 25.7. The standard InChI is InChI=1S/C6H13NO.ClH/c1-8-5-6-3-2-4-7-6;/h6-7H,2-5H2,1H3;1H/t6-;/m0./s1. The zero-order valence-corrected chi connectivity index (χ0v) is 6.54. The molecule has 0 saturated carbocycles. The van der Waals surface area contributed by atoms with Crippen LogP contribution in [0.25, 0.3) is 0 Å². The van der Waals surface area contributed by atoms with E-state index in [1.165, 1.54) is 19.4 Å². The number of rotatable bonds is 2. The molecule has 0 unspecified atom stereocenters. The molecule has 0 amide bonds. The fourth-order valence-electron chi connectivity index (χ4n) is 1.10. The van der Waals surface area contributed by atoms with Gasteiger partial charge in [-0.25, -0.2) is 0 Å². The Hall–Kier alpha value is 0.210. The van der Waals surface area contributed by atoms with Crippen LogP contribution in [0.1, 0.15) is 12.8 Å². The fraction of sp³-hybridized carbons (Fsp3) is 1.00. The van der Waals surface area contributed by atoms with Crippen molar-refractivity contribution in [1.29, 1.82) is 0 Å². The predicted molar refractivity (Wildman–Crippen MR) is 40.1 cm³/mol. The average Bonchev–Trinajstić information content (AvgIpc) is 2.19. The summed E-state index contributed by atoms with van der Waals surface area (Å²) >= 11 is 0. The Morgan fingerprint density at radius 3 is 2.89 bits per heavy atom. The van der Waals surface area contributed by atoms with E-state index in [0.717, 1.165) is 6.61 Å². The van der Waals surface area contributed by atoms with Crippen LogP contribution in [0.4, 0.5) is 0 Å². The van der Waals surface area contributed by atoms with Crippen LogP contribution >= 0.6 is 12.4 Å². The molecule has 1 rings (SSSR count). The van der Waals surface area contributed by atoms with Crippen LogP contribution in [0, 0.1) is 0 Å². The van der Waals surface area contributed by atoms with Crippen LogP contribution in [-0.4, -0.2) is 26.3 Å². The van der Waals surface area contributed by atoms with Gasteiger partial charge >= 0.3 is 0 Å². The quantitative estimate of drug-likeness (QED) is 0.631. The van der Waals surface area contributed by atoms with Gasteiger partial charge in [-0.05, 0) is 19.4 Å². The van der Waals surface area contributed by atoms with Crippen molar-refractivity contribution in [2.45, 2.75) is 18.9 Å². The van der Waals surface area contributed by atoms with Gasteiger partial charge < -0.3 is 10.1 Å². The van der Waals surface area contributed by atoms with Crippen molar-refractivity contribution >= 4 is 12.4 Å². The smallest absolute Gasteiger partial charge is 0.0615 e. The summed E-state index contributed by atoms with van der Waals surface area (Å²) in [6.07, 6.45) is 2.60. The molecule has 56 valence electrons. The highest BCUT2D eigenvalue weighted by Crippen LogP contribution is 2.03. The predicted octanol–water partition coefficient (Wildman–Crippen LogP) is 0.807. The highest BCUT2D eigenvalue weighted by atomic mass is 35.5. The van der Waals surface area contributed by atoms with Crippen LogP contribution in [-0.2, 0) is 4.74 Å². The zero-order valence-electron chi connectivity index (χ0n) is 5.72. The van der Waals surface area contributed by atoms with E-state index >= 15 is 0 Å². The number of hydrogen-bond donors (Lipinski definition) is 1. The molecule has 0 bridgehead atoms. The minimum absolute atomic E-state index is 0. The van der Waals surface area contributed by atoms with Gasteiger partial charge in [-0.2, -0.15) is 0 Å². The van der Waals surface area contributed by atoms with Gasteiger partial charge in [0.25, 0.3) is 0 Å². The maximum atomic E-state index is 4.96. The highest BCUT2D eigenvalue weighted by molar-refractivity contribution is 5.85. The molecule has 1 N–H and O–H groups in total. The maximum absolute atomic E-state index is 4.96. The summed E-state index contributed by atoms with van der Waals surface area (Å²) in [5, 5.41) is 3.33. The van der Waals surface area contributed by atoms with Crippen molar-refractivity contribution in [1.82, 2.24) is 5.32 Å². The molecule has 3 heteroatoms. The van der Waals surface area contributed by atoms with E-state index in [1.807, 2.05) is 0 Å². The third kappa shape index (κ3) is 3.04. The summed E-state index contributed by atoms with van der Waals surface area (Å²) in [5.74, 6) is 0. The lowest BCUT2D eigenvalue weighted by Gasteiger charge is -2.05. The molecule has 1 heterocycles. The Morgan fingerprint density at radius 2 is 2.44 bits per heavy atom. The third-order valence-corrected chi connectivity index (χ3v) is 1.53. The lowest BCUT2D eigenvalue weighted by atomic mass is 10.2. The summed E-state index contributed by atoms with van der Waals surface area (Å²) in [5.41, 5.74) is 0. The molecule has 1 aliphatic rings. The zero-order chi connectivity index (χ0) is 5.82. The summed E-state index contributed by atoms with van der Waals surface area (Å²) in [6.45, 7) is 2.05. The average molecular weight is 152 g/mol. The number of ether oxygens (including phenoxy) is 1. The van der Waals surface area contributed by atoms with Crippen molar-refractivity contribution in [3.05, 3.63) is 0 Å². The summed E-state index contributed by atoms with van der Waals surface area (Å²) in [7, 11) is 1.75. The van der Waals surface area contributed by atoms with Crippen LogP contribution in [0.3, 0.4) is 0 Å². The molecular weight excluding hydrogens is 138 g/mol. The highest BCUT2D eigenvalue weighted by Gasteiger charge is 2.11. The summed E-state index contributed by atoms with van der Waals surface area (Å²) in [4.78, 5) is 0. The Labute approximate surface area is 62.4 Å². The maximum Gasteiger partial charge on any atom is 0.0615 e. The van der Waals surface area contributed by atoms with Gasteiger partial charge in [0.2, 0.25) is 0 Å². The Balaban J connectivity index is 0.000000640. The van der Waals surface area contributed by atoms with Gasteiger partial charge in [-0.1, -0.05) is 0 Å². The van der Waals surface area contributed by atoms with Crippen molar-refractivity contribution in [3.63, 3.8) is 0 Å². The Bertz CT molecular complexity index is 64.1. The molecule has 9 heavy (non-hydrogen) atoms. The van der Waals surface area contributed by atoms with Gasteiger partial charge in [0.1, 0.15) is 0 Å². The van der Waals surface area contributed by atoms with Gasteiger partial charge in [0.05, 0.1) is 6.61 Å². The van der Waals surface area contributed by atoms with Crippen LogP contribution in [0.15, 0.2) is 0 Å². The fourth-order valence-corrected chi connectivity index (χ4v) is 1.10. The molecule has 2 nitrogen and oxygen atoms in total. The number of halogens is 1. The van der Waals surface area contributed by atoms with E-state index < -0.39 is 0 Å². The lowest BCUT2D eigenvalue weighted by molar-refractivity contribution is 0.173. The van der Waals surface area contributed by atoms with E-state index in [4.69, 9.17) is 4.74 Å². The van der Waals surface area contributed by atoms with Crippen molar-refractivity contribution in [2.24, 2.45) is 0 Å². The minimum Gasteiger partial charge on any atom is -0.383 e. The molecule has 0 aliphatic carbocycles. The second kappa shape index (κ2) is 5.03. The molecule has 0 radical (unpaired) electrons. The monoisotopic (exact) mass is 151 g/mol. The van der Waals surface area contributed by atoms with E-state index in [1.54, 1.807) is 7.11 Å². The second-order valence-corrected chi connectivity index (χ2v) is 2.25. The minimum atomic E-state index is 0. The molecule has 0 spiro atoms. The largest absolute Gasteiger partial charge is 0.383 e. The number of methoxy groups -OCH3 is 1. The van der Waals surface area contributed by atoms with Crippen molar-refractivity contribution in [2.75, 3.05) is 20.3 Å². The first-order valence-electron chi connectivity index (χ1n) is 3.16. The molecule has 1 fully saturated rings.